The molecule has 2 aliphatic rings. The molecule has 0 aromatic carbocycles. The zero-order valence-electron chi connectivity index (χ0n) is 4.81. The van der Waals surface area contributed by atoms with Gasteiger partial charge < -0.3 is 10.6 Å². The number of hydrogen-bond acceptors (Lipinski definition) is 4. The van der Waals surface area contributed by atoms with Crippen LogP contribution in [-0.2, 0) is 0 Å². The molecule has 0 saturated carbocycles. The van der Waals surface area contributed by atoms with Gasteiger partial charge in [0.25, 0.3) is 0 Å². The van der Waals surface area contributed by atoms with Crippen LogP contribution in [0.1, 0.15) is 0 Å². The minimum absolute atomic E-state index is 0.186. The minimum Gasteiger partial charge on any atom is -0.377 e. The van der Waals surface area contributed by atoms with Crippen molar-refractivity contribution in [3.8, 4) is 0 Å². The lowest BCUT2D eigenvalue weighted by atomic mass is 10.3. The molecule has 0 amide bonds. The monoisotopic (exact) mass is 123 g/mol. The molecule has 2 heterocycles. The molecular formula is C5H7N4. The van der Waals surface area contributed by atoms with Crippen LogP contribution in [0.5, 0.6) is 0 Å². The number of hydrogen-bond donors (Lipinski definition) is 3. The third kappa shape index (κ3) is 0.675. The predicted octanol–water partition coefficient (Wildman–Crippen LogP) is -1.19. The van der Waals surface area contributed by atoms with E-state index in [9.17, 15) is 0 Å². The summed E-state index contributed by atoms with van der Waals surface area (Å²) in [5, 5.41) is 9.07. The van der Waals surface area contributed by atoms with Crippen molar-refractivity contribution < 1.29 is 0 Å². The second-order valence-corrected chi connectivity index (χ2v) is 1.96. The fourth-order valence-electron chi connectivity index (χ4n) is 0.888. The highest BCUT2D eigenvalue weighted by molar-refractivity contribution is 5.61. The summed E-state index contributed by atoms with van der Waals surface area (Å²) < 4.78 is 0. The highest BCUT2D eigenvalue weighted by Crippen LogP contribution is 2.05. The molecule has 1 atom stereocenters. The zero-order valence-corrected chi connectivity index (χ0v) is 4.81. The van der Waals surface area contributed by atoms with Gasteiger partial charge in [0.15, 0.2) is 6.34 Å². The summed E-state index contributed by atoms with van der Waals surface area (Å²) in [6, 6.07) is 0. The van der Waals surface area contributed by atoms with Crippen LogP contribution in [0.3, 0.4) is 0 Å². The molecule has 2 rings (SSSR count). The molecule has 0 spiro atoms. The summed E-state index contributed by atoms with van der Waals surface area (Å²) in [6.07, 6.45) is 4.74. The minimum atomic E-state index is 0.186. The molecule has 4 nitrogen and oxygen atoms in total. The molecule has 4 heteroatoms. The van der Waals surface area contributed by atoms with Crippen molar-refractivity contribution in [1.29, 1.82) is 0 Å². The summed E-state index contributed by atoms with van der Waals surface area (Å²) in [7, 11) is 0. The SMILES string of the molecule is [C]1=NC2=CNCNC2N1. The van der Waals surface area contributed by atoms with Crippen LogP contribution in [-0.4, -0.2) is 19.2 Å². The van der Waals surface area contributed by atoms with E-state index < -0.39 is 0 Å². The summed E-state index contributed by atoms with van der Waals surface area (Å²) >= 11 is 0. The maximum Gasteiger partial charge on any atom is 0.171 e. The Hall–Kier alpha value is -1.03. The molecule has 1 radical (unpaired) electrons. The van der Waals surface area contributed by atoms with Gasteiger partial charge in [0, 0.05) is 6.20 Å². The van der Waals surface area contributed by atoms with Gasteiger partial charge in [-0.25, -0.2) is 4.99 Å². The van der Waals surface area contributed by atoms with E-state index in [2.05, 4.69) is 27.3 Å². The van der Waals surface area contributed by atoms with E-state index in [-0.39, 0.29) is 6.17 Å². The van der Waals surface area contributed by atoms with Gasteiger partial charge in [-0.15, -0.1) is 0 Å². The van der Waals surface area contributed by atoms with Crippen molar-refractivity contribution in [3.63, 3.8) is 0 Å². The molecule has 9 heavy (non-hydrogen) atoms. The standard InChI is InChI=1S/C5H7N4/c1-4-5(8-2-6-1)9-3-7-4/h1,5-6,8H,2H2,(H,7,9). The van der Waals surface area contributed by atoms with Gasteiger partial charge in [0.05, 0.1) is 12.4 Å². The van der Waals surface area contributed by atoms with Crippen LogP contribution >= 0.6 is 0 Å². The number of nitrogens with one attached hydrogen (secondary N) is 3. The highest BCUT2D eigenvalue weighted by Gasteiger charge is 2.18. The molecule has 1 unspecified atom stereocenters. The van der Waals surface area contributed by atoms with Crippen LogP contribution < -0.4 is 16.0 Å². The first-order chi connectivity index (χ1) is 4.47. The molecule has 0 bridgehead atoms. The number of rotatable bonds is 0. The smallest absolute Gasteiger partial charge is 0.171 e. The van der Waals surface area contributed by atoms with Crippen LogP contribution in [0, 0.1) is 0 Å². The Bertz CT molecular complexity index is 172. The quantitative estimate of drug-likeness (QED) is 0.379. The summed E-state index contributed by atoms with van der Waals surface area (Å²) in [5.41, 5.74) is 0.973. The van der Waals surface area contributed by atoms with Crippen molar-refractivity contribution in [2.45, 2.75) is 6.17 Å². The summed E-state index contributed by atoms with van der Waals surface area (Å²) in [4.78, 5) is 3.93. The van der Waals surface area contributed by atoms with Crippen LogP contribution in [0.4, 0.5) is 0 Å². The summed E-state index contributed by atoms with van der Waals surface area (Å²) in [6.45, 7) is 0.790. The first-order valence-corrected chi connectivity index (χ1v) is 2.85. The van der Waals surface area contributed by atoms with E-state index in [4.69, 9.17) is 0 Å². The van der Waals surface area contributed by atoms with Gasteiger partial charge in [-0.1, -0.05) is 0 Å². The number of aliphatic imine (C=N–C) groups is 1. The second-order valence-electron chi connectivity index (χ2n) is 1.96. The Balaban J connectivity index is 2.23. The average molecular weight is 123 g/mol. The van der Waals surface area contributed by atoms with Gasteiger partial charge in [-0.05, 0) is 0 Å². The second kappa shape index (κ2) is 1.73. The Labute approximate surface area is 53.0 Å². The van der Waals surface area contributed by atoms with E-state index in [0.29, 0.717) is 0 Å². The average Bonchev–Trinajstić information content (AvgIpc) is 2.33. The molecule has 0 aromatic rings. The Morgan fingerprint density at radius 1 is 1.78 bits per heavy atom. The van der Waals surface area contributed by atoms with Crippen molar-refractivity contribution in [1.82, 2.24) is 16.0 Å². The zero-order chi connectivity index (χ0) is 6.10. The molecule has 47 valence electrons. The maximum absolute atomic E-state index is 3.93. The lowest BCUT2D eigenvalue weighted by Gasteiger charge is -2.18. The Morgan fingerprint density at radius 3 is 3.67 bits per heavy atom. The predicted molar refractivity (Wildman–Crippen MR) is 33.6 cm³/mol. The molecule has 0 fully saturated rings. The third-order valence-electron chi connectivity index (χ3n) is 1.35. The Morgan fingerprint density at radius 2 is 2.78 bits per heavy atom. The molecule has 2 aliphatic heterocycles. The lowest BCUT2D eigenvalue weighted by Crippen LogP contribution is -2.46. The van der Waals surface area contributed by atoms with Crippen molar-refractivity contribution in [2.75, 3.05) is 6.67 Å². The van der Waals surface area contributed by atoms with Crippen molar-refractivity contribution >= 4 is 6.34 Å². The topological polar surface area (TPSA) is 48.5 Å². The lowest BCUT2D eigenvalue weighted by molar-refractivity contribution is 0.512. The summed E-state index contributed by atoms with van der Waals surface area (Å²) in [5.74, 6) is 0. The molecule has 3 N–H and O–H groups in total. The van der Waals surface area contributed by atoms with Gasteiger partial charge >= 0.3 is 0 Å². The van der Waals surface area contributed by atoms with E-state index in [0.717, 1.165) is 12.4 Å². The van der Waals surface area contributed by atoms with Gasteiger partial charge in [0.1, 0.15) is 6.17 Å². The van der Waals surface area contributed by atoms with Crippen LogP contribution in [0.15, 0.2) is 16.9 Å². The van der Waals surface area contributed by atoms with E-state index in [1.165, 1.54) is 0 Å². The number of fused-ring (bicyclic) bond motifs is 1. The van der Waals surface area contributed by atoms with Crippen LogP contribution in [0.2, 0.25) is 0 Å². The van der Waals surface area contributed by atoms with Crippen molar-refractivity contribution in [2.24, 2.45) is 4.99 Å². The normalized spacial score (nSPS) is 30.2. The first-order valence-electron chi connectivity index (χ1n) is 2.85. The van der Waals surface area contributed by atoms with Crippen molar-refractivity contribution in [3.05, 3.63) is 11.9 Å². The fourth-order valence-corrected chi connectivity index (χ4v) is 0.888. The number of nitrogens with zero attached hydrogens (tertiary/aromatic N) is 1. The first kappa shape index (κ1) is 4.81. The molecular weight excluding hydrogens is 116 g/mol. The largest absolute Gasteiger partial charge is 0.377 e. The van der Waals surface area contributed by atoms with Crippen LogP contribution in [0.25, 0.3) is 0 Å². The molecule has 0 aromatic heterocycles. The van der Waals surface area contributed by atoms with Gasteiger partial charge in [0.2, 0.25) is 0 Å². The van der Waals surface area contributed by atoms with E-state index >= 15 is 0 Å². The maximum atomic E-state index is 3.93. The van der Waals surface area contributed by atoms with E-state index in [1.807, 2.05) is 6.20 Å². The van der Waals surface area contributed by atoms with Gasteiger partial charge in [-0.2, -0.15) is 0 Å². The third-order valence-corrected chi connectivity index (χ3v) is 1.35. The van der Waals surface area contributed by atoms with E-state index in [1.54, 1.807) is 0 Å². The Kier molecular flexibility index (Phi) is 0.927. The fraction of sp³-hybridized carbons (Fsp3) is 0.400. The molecule has 0 saturated heterocycles. The highest BCUT2D eigenvalue weighted by atomic mass is 15.3. The molecule has 0 aliphatic carbocycles. The van der Waals surface area contributed by atoms with Gasteiger partial charge in [-0.3, -0.25) is 5.32 Å².